The molecule has 1 heterocycles. The molecule has 80 valence electrons. The van der Waals surface area contributed by atoms with Gasteiger partial charge in [0.2, 0.25) is 0 Å². The summed E-state index contributed by atoms with van der Waals surface area (Å²) < 4.78 is 5.75. The zero-order valence-corrected chi connectivity index (χ0v) is 9.34. The summed E-state index contributed by atoms with van der Waals surface area (Å²) in [6.45, 7) is 5.62. The standard InChI is InChI=1S/C13H17NO/c1-3-4-7-14-9-11-5-6-13(15-11)12-8-10(12)2/h5-6,10,12,14H,7-9H2,1-2H3. The third kappa shape index (κ3) is 2.64. The molecule has 2 heteroatoms. The fraction of sp³-hybridized carbons (Fsp3) is 0.538. The fourth-order valence-corrected chi connectivity index (χ4v) is 1.74. The molecular weight excluding hydrogens is 186 g/mol. The summed E-state index contributed by atoms with van der Waals surface area (Å²) in [5.74, 6) is 9.47. The van der Waals surface area contributed by atoms with Gasteiger partial charge in [0, 0.05) is 5.92 Å². The first-order chi connectivity index (χ1) is 7.31. The smallest absolute Gasteiger partial charge is 0.117 e. The Morgan fingerprint density at radius 2 is 2.33 bits per heavy atom. The van der Waals surface area contributed by atoms with E-state index in [0.717, 1.165) is 30.5 Å². The summed E-state index contributed by atoms with van der Waals surface area (Å²) >= 11 is 0. The number of hydrogen-bond acceptors (Lipinski definition) is 2. The Hall–Kier alpha value is -1.20. The Balaban J connectivity index is 1.81. The van der Waals surface area contributed by atoms with Gasteiger partial charge in [-0.2, -0.15) is 0 Å². The zero-order chi connectivity index (χ0) is 10.7. The van der Waals surface area contributed by atoms with Crippen LogP contribution in [0.4, 0.5) is 0 Å². The van der Waals surface area contributed by atoms with E-state index < -0.39 is 0 Å². The van der Waals surface area contributed by atoms with Crippen LogP contribution in [0.2, 0.25) is 0 Å². The molecule has 1 fully saturated rings. The van der Waals surface area contributed by atoms with Crippen LogP contribution in [0.3, 0.4) is 0 Å². The Morgan fingerprint density at radius 3 is 3.00 bits per heavy atom. The molecule has 2 nitrogen and oxygen atoms in total. The van der Waals surface area contributed by atoms with E-state index in [0.29, 0.717) is 5.92 Å². The van der Waals surface area contributed by atoms with Gasteiger partial charge in [-0.25, -0.2) is 0 Å². The van der Waals surface area contributed by atoms with Crippen LogP contribution in [0.25, 0.3) is 0 Å². The highest BCUT2D eigenvalue weighted by Gasteiger charge is 2.36. The van der Waals surface area contributed by atoms with Gasteiger partial charge in [-0.3, -0.25) is 5.32 Å². The average molecular weight is 203 g/mol. The van der Waals surface area contributed by atoms with E-state index in [4.69, 9.17) is 4.42 Å². The average Bonchev–Trinajstić information content (AvgIpc) is 2.80. The first-order valence-electron chi connectivity index (χ1n) is 5.50. The van der Waals surface area contributed by atoms with Gasteiger partial charge in [-0.1, -0.05) is 12.8 Å². The summed E-state index contributed by atoms with van der Waals surface area (Å²) in [6.07, 6.45) is 1.28. The number of furan rings is 1. The first kappa shape index (κ1) is 10.3. The molecule has 2 rings (SSSR count). The van der Waals surface area contributed by atoms with Crippen LogP contribution in [0.5, 0.6) is 0 Å². The second-order valence-corrected chi connectivity index (χ2v) is 4.15. The van der Waals surface area contributed by atoms with Gasteiger partial charge < -0.3 is 4.42 Å². The molecule has 0 saturated heterocycles. The predicted molar refractivity (Wildman–Crippen MR) is 60.4 cm³/mol. The lowest BCUT2D eigenvalue weighted by Gasteiger charge is -1.96. The van der Waals surface area contributed by atoms with Gasteiger partial charge in [-0.05, 0) is 31.4 Å². The number of rotatable bonds is 4. The minimum absolute atomic E-state index is 0.675. The van der Waals surface area contributed by atoms with Crippen molar-refractivity contribution in [3.8, 4) is 11.8 Å². The van der Waals surface area contributed by atoms with Crippen LogP contribution in [-0.4, -0.2) is 6.54 Å². The van der Waals surface area contributed by atoms with Crippen LogP contribution in [0, 0.1) is 17.8 Å². The SMILES string of the molecule is CC#CCNCc1ccc(C2CC2C)o1. The highest BCUT2D eigenvalue weighted by atomic mass is 16.3. The van der Waals surface area contributed by atoms with Crippen LogP contribution >= 0.6 is 0 Å². The minimum Gasteiger partial charge on any atom is -0.464 e. The lowest BCUT2D eigenvalue weighted by Crippen LogP contribution is -2.12. The summed E-state index contributed by atoms with van der Waals surface area (Å²) in [4.78, 5) is 0. The molecule has 2 unspecified atom stereocenters. The van der Waals surface area contributed by atoms with E-state index in [1.807, 2.05) is 6.92 Å². The van der Waals surface area contributed by atoms with Crippen molar-refractivity contribution in [2.75, 3.05) is 6.54 Å². The maximum atomic E-state index is 5.75. The van der Waals surface area contributed by atoms with Crippen molar-refractivity contribution in [2.24, 2.45) is 5.92 Å². The van der Waals surface area contributed by atoms with Crippen molar-refractivity contribution < 1.29 is 4.42 Å². The Kier molecular flexibility index (Phi) is 3.13. The Bertz CT molecular complexity index is 383. The molecule has 1 N–H and O–H groups in total. The van der Waals surface area contributed by atoms with Gasteiger partial charge >= 0.3 is 0 Å². The second-order valence-electron chi connectivity index (χ2n) is 4.15. The Labute approximate surface area is 91.1 Å². The maximum Gasteiger partial charge on any atom is 0.117 e. The van der Waals surface area contributed by atoms with Crippen molar-refractivity contribution in [3.63, 3.8) is 0 Å². The Morgan fingerprint density at radius 1 is 1.53 bits per heavy atom. The second kappa shape index (κ2) is 4.55. The third-order valence-electron chi connectivity index (χ3n) is 2.85. The van der Waals surface area contributed by atoms with Crippen LogP contribution < -0.4 is 5.32 Å². The van der Waals surface area contributed by atoms with Gasteiger partial charge in [0.25, 0.3) is 0 Å². The van der Waals surface area contributed by atoms with Crippen LogP contribution in [-0.2, 0) is 6.54 Å². The number of nitrogens with one attached hydrogen (secondary N) is 1. The summed E-state index contributed by atoms with van der Waals surface area (Å²) in [5, 5.41) is 3.22. The van der Waals surface area contributed by atoms with Gasteiger partial charge in [0.15, 0.2) is 0 Å². The van der Waals surface area contributed by atoms with E-state index in [2.05, 4.69) is 36.2 Å². The van der Waals surface area contributed by atoms with Crippen molar-refractivity contribution >= 4 is 0 Å². The largest absolute Gasteiger partial charge is 0.464 e. The quantitative estimate of drug-likeness (QED) is 0.601. The molecule has 0 bridgehead atoms. The maximum absolute atomic E-state index is 5.75. The summed E-state index contributed by atoms with van der Waals surface area (Å²) in [5.41, 5.74) is 0. The number of hydrogen-bond donors (Lipinski definition) is 1. The lowest BCUT2D eigenvalue weighted by molar-refractivity contribution is 0.449. The van der Waals surface area contributed by atoms with E-state index in [1.54, 1.807) is 0 Å². The summed E-state index contributed by atoms with van der Waals surface area (Å²) in [6, 6.07) is 4.17. The van der Waals surface area contributed by atoms with Crippen molar-refractivity contribution in [2.45, 2.75) is 32.7 Å². The third-order valence-corrected chi connectivity index (χ3v) is 2.85. The molecule has 0 aliphatic heterocycles. The molecule has 1 saturated carbocycles. The van der Waals surface area contributed by atoms with Crippen molar-refractivity contribution in [3.05, 3.63) is 23.7 Å². The highest BCUT2D eigenvalue weighted by molar-refractivity contribution is 5.17. The molecule has 1 aliphatic rings. The predicted octanol–water partition coefficient (Wildman–Crippen LogP) is 2.52. The summed E-state index contributed by atoms with van der Waals surface area (Å²) in [7, 11) is 0. The van der Waals surface area contributed by atoms with Crippen LogP contribution in [0.1, 0.15) is 37.7 Å². The molecule has 0 radical (unpaired) electrons. The molecule has 2 atom stereocenters. The monoisotopic (exact) mass is 203 g/mol. The minimum atomic E-state index is 0.675. The molecule has 0 aromatic carbocycles. The topological polar surface area (TPSA) is 25.2 Å². The van der Waals surface area contributed by atoms with Gasteiger partial charge in [0.1, 0.15) is 11.5 Å². The zero-order valence-electron chi connectivity index (χ0n) is 9.34. The molecule has 0 spiro atoms. The van der Waals surface area contributed by atoms with E-state index in [9.17, 15) is 0 Å². The van der Waals surface area contributed by atoms with E-state index in [-0.39, 0.29) is 0 Å². The molecule has 1 aliphatic carbocycles. The first-order valence-corrected chi connectivity index (χ1v) is 5.50. The lowest BCUT2D eigenvalue weighted by atomic mass is 10.3. The molecule has 15 heavy (non-hydrogen) atoms. The fourth-order valence-electron chi connectivity index (χ4n) is 1.74. The van der Waals surface area contributed by atoms with E-state index >= 15 is 0 Å². The molecule has 1 aromatic heterocycles. The van der Waals surface area contributed by atoms with Crippen molar-refractivity contribution in [1.82, 2.24) is 5.32 Å². The molecule has 0 amide bonds. The van der Waals surface area contributed by atoms with Gasteiger partial charge in [0.05, 0.1) is 13.1 Å². The molecular formula is C13H17NO. The van der Waals surface area contributed by atoms with E-state index in [1.165, 1.54) is 6.42 Å². The normalized spacial score (nSPS) is 23.3. The van der Waals surface area contributed by atoms with Crippen LogP contribution in [0.15, 0.2) is 16.5 Å². The molecule has 1 aromatic rings. The van der Waals surface area contributed by atoms with Gasteiger partial charge in [-0.15, -0.1) is 5.92 Å². The van der Waals surface area contributed by atoms with Crippen molar-refractivity contribution in [1.29, 1.82) is 0 Å². The highest BCUT2D eigenvalue weighted by Crippen LogP contribution is 2.47.